The number of halogens is 1. The summed E-state index contributed by atoms with van der Waals surface area (Å²) < 4.78 is 5.90. The first kappa shape index (κ1) is 15.8. The molecular weight excluding hydrogens is 336 g/mol. The molecule has 21 heavy (non-hydrogen) atoms. The second kappa shape index (κ2) is 6.93. The largest absolute Gasteiger partial charge is 0.449 e. The zero-order chi connectivity index (χ0) is 15.4. The summed E-state index contributed by atoms with van der Waals surface area (Å²) in [6.45, 7) is 1.57. The quantitative estimate of drug-likeness (QED) is 0.643. The van der Waals surface area contributed by atoms with Gasteiger partial charge in [-0.25, -0.2) is 4.79 Å². The Labute approximate surface area is 132 Å². The van der Waals surface area contributed by atoms with Gasteiger partial charge in [-0.1, -0.05) is 12.8 Å². The van der Waals surface area contributed by atoms with Crippen molar-refractivity contribution in [2.45, 2.75) is 44.8 Å². The number of hydrogen-bond donors (Lipinski definition) is 2. The van der Waals surface area contributed by atoms with Gasteiger partial charge in [0.1, 0.15) is 0 Å². The van der Waals surface area contributed by atoms with Crippen LogP contribution < -0.4 is 11.1 Å². The highest BCUT2D eigenvalue weighted by Gasteiger charge is 2.23. The maximum absolute atomic E-state index is 12.0. The molecule has 2 rings (SSSR count). The standard InChI is InChI=1S/C15H19BrN2O3/c1-9(14(19)18-11-4-2-3-5-11)21-15(20)10-6-7-12(16)13(17)8-10/h6-9,11H,2-5,17H2,1H3,(H,18,19). The normalized spacial score (nSPS) is 16.5. The predicted octanol–water partition coefficient (Wildman–Crippen LogP) is 2.64. The molecule has 1 saturated carbocycles. The van der Waals surface area contributed by atoms with Gasteiger partial charge in [-0.15, -0.1) is 0 Å². The highest BCUT2D eigenvalue weighted by Crippen LogP contribution is 2.21. The van der Waals surface area contributed by atoms with Crippen LogP contribution in [0.5, 0.6) is 0 Å². The van der Waals surface area contributed by atoms with Crippen LogP contribution in [0, 0.1) is 0 Å². The monoisotopic (exact) mass is 354 g/mol. The van der Waals surface area contributed by atoms with E-state index in [1.54, 1.807) is 19.1 Å². The molecule has 1 aliphatic carbocycles. The summed E-state index contributed by atoms with van der Waals surface area (Å²) in [4.78, 5) is 24.0. The van der Waals surface area contributed by atoms with Gasteiger partial charge in [-0.2, -0.15) is 0 Å². The van der Waals surface area contributed by atoms with E-state index in [1.807, 2.05) is 0 Å². The van der Waals surface area contributed by atoms with Gasteiger partial charge < -0.3 is 15.8 Å². The molecule has 1 aromatic carbocycles. The molecule has 1 fully saturated rings. The summed E-state index contributed by atoms with van der Waals surface area (Å²) in [5.41, 5.74) is 6.51. The van der Waals surface area contributed by atoms with Crippen molar-refractivity contribution in [1.82, 2.24) is 5.32 Å². The molecule has 0 saturated heterocycles. The number of hydrogen-bond acceptors (Lipinski definition) is 4. The van der Waals surface area contributed by atoms with Crippen LogP contribution in [0.25, 0.3) is 0 Å². The topological polar surface area (TPSA) is 81.4 Å². The lowest BCUT2D eigenvalue weighted by Crippen LogP contribution is -2.40. The minimum absolute atomic E-state index is 0.210. The minimum atomic E-state index is -0.817. The Morgan fingerprint density at radius 2 is 2.05 bits per heavy atom. The van der Waals surface area contributed by atoms with Crippen LogP contribution in [-0.4, -0.2) is 24.0 Å². The van der Waals surface area contributed by atoms with E-state index < -0.39 is 12.1 Å². The van der Waals surface area contributed by atoms with Gasteiger partial charge in [-0.3, -0.25) is 4.79 Å². The van der Waals surface area contributed by atoms with Crippen molar-refractivity contribution in [2.75, 3.05) is 5.73 Å². The molecule has 0 bridgehead atoms. The van der Waals surface area contributed by atoms with E-state index in [1.165, 1.54) is 6.07 Å². The van der Waals surface area contributed by atoms with Crippen LogP contribution in [0.2, 0.25) is 0 Å². The number of anilines is 1. The zero-order valence-corrected chi connectivity index (χ0v) is 13.5. The fourth-order valence-electron chi connectivity index (χ4n) is 2.34. The Morgan fingerprint density at radius 3 is 2.67 bits per heavy atom. The van der Waals surface area contributed by atoms with Crippen molar-refractivity contribution in [3.8, 4) is 0 Å². The maximum Gasteiger partial charge on any atom is 0.338 e. The molecule has 1 aliphatic rings. The third kappa shape index (κ3) is 4.20. The predicted molar refractivity (Wildman–Crippen MR) is 83.8 cm³/mol. The Hall–Kier alpha value is -1.56. The molecule has 0 aliphatic heterocycles. The lowest BCUT2D eigenvalue weighted by atomic mass is 10.2. The number of rotatable bonds is 4. The highest BCUT2D eigenvalue weighted by atomic mass is 79.9. The van der Waals surface area contributed by atoms with E-state index in [0.717, 1.165) is 25.7 Å². The molecule has 3 N–H and O–H groups in total. The molecule has 1 amide bonds. The first-order valence-electron chi connectivity index (χ1n) is 7.03. The fourth-order valence-corrected chi connectivity index (χ4v) is 2.59. The Balaban J connectivity index is 1.91. The Morgan fingerprint density at radius 1 is 1.38 bits per heavy atom. The summed E-state index contributed by atoms with van der Waals surface area (Å²) in [6.07, 6.45) is 3.45. The van der Waals surface area contributed by atoms with E-state index in [0.29, 0.717) is 15.7 Å². The molecule has 0 radical (unpaired) electrons. The summed E-state index contributed by atoms with van der Waals surface area (Å²) in [5.74, 6) is -0.802. The first-order valence-corrected chi connectivity index (χ1v) is 7.83. The lowest BCUT2D eigenvalue weighted by Gasteiger charge is -2.17. The molecule has 0 aromatic heterocycles. The third-order valence-electron chi connectivity index (χ3n) is 3.59. The van der Waals surface area contributed by atoms with Gasteiger partial charge in [0.2, 0.25) is 0 Å². The average molecular weight is 355 g/mol. The number of amides is 1. The van der Waals surface area contributed by atoms with Crippen molar-refractivity contribution in [3.63, 3.8) is 0 Å². The smallest absolute Gasteiger partial charge is 0.338 e. The third-order valence-corrected chi connectivity index (χ3v) is 4.31. The number of nitrogen functional groups attached to an aromatic ring is 1. The van der Waals surface area contributed by atoms with Crippen LogP contribution in [0.4, 0.5) is 5.69 Å². The molecule has 5 nitrogen and oxygen atoms in total. The van der Waals surface area contributed by atoms with Crippen molar-refractivity contribution < 1.29 is 14.3 Å². The summed E-state index contributed by atoms with van der Waals surface area (Å²) >= 11 is 3.26. The van der Waals surface area contributed by atoms with Crippen LogP contribution in [-0.2, 0) is 9.53 Å². The lowest BCUT2D eigenvalue weighted by molar-refractivity contribution is -0.129. The molecular formula is C15H19BrN2O3. The van der Waals surface area contributed by atoms with Gasteiger partial charge in [-0.05, 0) is 53.9 Å². The number of benzene rings is 1. The Kier molecular flexibility index (Phi) is 5.22. The number of carbonyl (C=O) groups excluding carboxylic acids is 2. The minimum Gasteiger partial charge on any atom is -0.449 e. The zero-order valence-electron chi connectivity index (χ0n) is 11.9. The van der Waals surface area contributed by atoms with Gasteiger partial charge in [0.15, 0.2) is 6.10 Å². The van der Waals surface area contributed by atoms with Gasteiger partial charge in [0.05, 0.1) is 5.56 Å². The van der Waals surface area contributed by atoms with E-state index in [2.05, 4.69) is 21.2 Å². The molecule has 1 atom stereocenters. The molecule has 1 aromatic rings. The number of esters is 1. The number of nitrogens with one attached hydrogen (secondary N) is 1. The first-order chi connectivity index (χ1) is 9.97. The van der Waals surface area contributed by atoms with Gasteiger partial charge >= 0.3 is 5.97 Å². The van der Waals surface area contributed by atoms with Crippen molar-refractivity contribution in [3.05, 3.63) is 28.2 Å². The molecule has 1 unspecified atom stereocenters. The fraction of sp³-hybridized carbons (Fsp3) is 0.467. The Bertz CT molecular complexity index is 542. The van der Waals surface area contributed by atoms with Crippen molar-refractivity contribution >= 4 is 33.5 Å². The van der Waals surface area contributed by atoms with Crippen LogP contribution >= 0.6 is 15.9 Å². The van der Waals surface area contributed by atoms with Crippen molar-refractivity contribution in [1.29, 1.82) is 0 Å². The summed E-state index contributed by atoms with van der Waals surface area (Å²) in [6, 6.07) is 5.01. The number of ether oxygens (including phenoxy) is 1. The second-order valence-corrected chi connectivity index (χ2v) is 6.13. The molecule has 0 heterocycles. The number of carbonyl (C=O) groups is 2. The maximum atomic E-state index is 12.0. The van der Waals surface area contributed by atoms with Crippen LogP contribution in [0.3, 0.4) is 0 Å². The highest BCUT2D eigenvalue weighted by molar-refractivity contribution is 9.10. The summed E-state index contributed by atoms with van der Waals surface area (Å²) in [7, 11) is 0. The van der Waals surface area contributed by atoms with E-state index >= 15 is 0 Å². The molecule has 0 spiro atoms. The second-order valence-electron chi connectivity index (χ2n) is 5.27. The average Bonchev–Trinajstić information content (AvgIpc) is 2.94. The van der Waals surface area contributed by atoms with E-state index in [4.69, 9.17) is 10.5 Å². The summed E-state index contributed by atoms with van der Waals surface area (Å²) in [5, 5.41) is 2.91. The van der Waals surface area contributed by atoms with Crippen LogP contribution in [0.1, 0.15) is 43.0 Å². The van der Waals surface area contributed by atoms with Gasteiger partial charge in [0.25, 0.3) is 5.91 Å². The SMILES string of the molecule is CC(OC(=O)c1ccc(Br)c(N)c1)C(=O)NC1CCCC1. The molecule has 6 heteroatoms. The van der Waals surface area contributed by atoms with Crippen LogP contribution in [0.15, 0.2) is 22.7 Å². The van der Waals surface area contributed by atoms with E-state index in [9.17, 15) is 9.59 Å². The van der Waals surface area contributed by atoms with Crippen molar-refractivity contribution in [2.24, 2.45) is 0 Å². The van der Waals surface area contributed by atoms with Gasteiger partial charge in [0, 0.05) is 16.2 Å². The molecule has 114 valence electrons. The number of nitrogens with two attached hydrogens (primary N) is 1. The van der Waals surface area contributed by atoms with E-state index in [-0.39, 0.29) is 11.9 Å².